The predicted molar refractivity (Wildman–Crippen MR) is 82.4 cm³/mol. The molecule has 0 amide bonds. The normalized spacial score (nSPS) is 12.5. The van der Waals surface area contributed by atoms with E-state index in [1.807, 2.05) is 20.8 Å². The summed E-state index contributed by atoms with van der Waals surface area (Å²) in [6.45, 7) is 5.96. The molecule has 0 saturated carbocycles. The van der Waals surface area contributed by atoms with Crippen LogP contribution in [-0.2, 0) is 0 Å². The van der Waals surface area contributed by atoms with Gasteiger partial charge in [-0.2, -0.15) is 0 Å². The van der Waals surface area contributed by atoms with E-state index in [4.69, 9.17) is 11.6 Å². The van der Waals surface area contributed by atoms with Gasteiger partial charge in [0.15, 0.2) is 0 Å². The molecule has 2 rings (SSSR count). The van der Waals surface area contributed by atoms with Crippen LogP contribution in [0.3, 0.4) is 0 Å². The molecule has 1 atom stereocenters. The molecule has 3 heteroatoms. The predicted octanol–water partition coefficient (Wildman–Crippen LogP) is 5.84. The summed E-state index contributed by atoms with van der Waals surface area (Å²) in [6, 6.07) is 8.89. The van der Waals surface area contributed by atoms with Crippen molar-refractivity contribution in [1.29, 1.82) is 0 Å². The Morgan fingerprint density at radius 3 is 2.21 bits per heavy atom. The summed E-state index contributed by atoms with van der Waals surface area (Å²) in [7, 11) is 0. The minimum atomic E-state index is -0.257. The van der Waals surface area contributed by atoms with E-state index >= 15 is 0 Å². The van der Waals surface area contributed by atoms with E-state index in [-0.39, 0.29) is 11.2 Å². The van der Waals surface area contributed by atoms with Gasteiger partial charge < -0.3 is 0 Å². The maximum atomic E-state index is 13.2. The van der Waals surface area contributed by atoms with Crippen LogP contribution in [0.2, 0.25) is 0 Å². The molecule has 2 aromatic carbocycles. The van der Waals surface area contributed by atoms with Gasteiger partial charge in [0.25, 0.3) is 0 Å². The van der Waals surface area contributed by atoms with Gasteiger partial charge in [0.1, 0.15) is 5.82 Å². The third-order valence-electron chi connectivity index (χ3n) is 3.33. The molecule has 19 heavy (non-hydrogen) atoms. The van der Waals surface area contributed by atoms with Crippen molar-refractivity contribution in [2.24, 2.45) is 0 Å². The van der Waals surface area contributed by atoms with Gasteiger partial charge in [-0.25, -0.2) is 4.39 Å². The van der Waals surface area contributed by atoms with Gasteiger partial charge >= 0.3 is 0 Å². The van der Waals surface area contributed by atoms with E-state index in [1.165, 1.54) is 12.1 Å². The van der Waals surface area contributed by atoms with Crippen LogP contribution in [0.15, 0.2) is 34.8 Å². The monoisotopic (exact) mass is 340 g/mol. The first-order valence-corrected chi connectivity index (χ1v) is 7.30. The molecule has 0 bridgehead atoms. The van der Waals surface area contributed by atoms with E-state index in [9.17, 15) is 4.39 Å². The van der Waals surface area contributed by atoms with Crippen molar-refractivity contribution in [2.75, 3.05) is 0 Å². The fraction of sp³-hybridized carbons (Fsp3) is 0.250. The van der Waals surface area contributed by atoms with Crippen molar-refractivity contribution in [1.82, 2.24) is 0 Å². The summed E-state index contributed by atoms with van der Waals surface area (Å²) in [6.07, 6.45) is 0. The van der Waals surface area contributed by atoms with Crippen LogP contribution in [0.5, 0.6) is 0 Å². The number of aryl methyl sites for hydroxylation is 3. The molecule has 0 aliphatic heterocycles. The zero-order valence-electron chi connectivity index (χ0n) is 11.1. The topological polar surface area (TPSA) is 0 Å². The van der Waals surface area contributed by atoms with E-state index in [0.29, 0.717) is 0 Å². The Morgan fingerprint density at radius 1 is 0.947 bits per heavy atom. The lowest BCUT2D eigenvalue weighted by Crippen LogP contribution is -2.00. The summed E-state index contributed by atoms with van der Waals surface area (Å²) < 4.78 is 14.2. The lowest BCUT2D eigenvalue weighted by atomic mass is 9.95. The van der Waals surface area contributed by atoms with Gasteiger partial charge in [-0.1, -0.05) is 28.1 Å². The Morgan fingerprint density at radius 2 is 1.58 bits per heavy atom. The number of rotatable bonds is 2. The summed E-state index contributed by atoms with van der Waals surface area (Å²) in [5.41, 5.74) is 5.16. The van der Waals surface area contributed by atoms with Crippen LogP contribution in [0.4, 0.5) is 4.39 Å². The SMILES string of the molecule is Cc1cc(C(Cl)c2ccc(F)cc2C)c(C)cc1Br. The minimum absolute atomic E-state index is 0.228. The van der Waals surface area contributed by atoms with Crippen molar-refractivity contribution < 1.29 is 4.39 Å². The Labute approximate surface area is 126 Å². The minimum Gasteiger partial charge on any atom is -0.207 e. The molecule has 0 aliphatic carbocycles. The molecule has 100 valence electrons. The average Bonchev–Trinajstić information content (AvgIpc) is 2.33. The average molecular weight is 342 g/mol. The van der Waals surface area contributed by atoms with Gasteiger partial charge in [0, 0.05) is 4.47 Å². The molecule has 2 aromatic rings. The molecular formula is C16H15BrClF. The van der Waals surface area contributed by atoms with Crippen LogP contribution in [0, 0.1) is 26.6 Å². The first-order valence-electron chi connectivity index (χ1n) is 6.07. The maximum absolute atomic E-state index is 13.2. The van der Waals surface area contributed by atoms with Gasteiger partial charge in [-0.3, -0.25) is 0 Å². The second-order valence-electron chi connectivity index (χ2n) is 4.82. The summed E-state index contributed by atoms with van der Waals surface area (Å²) >= 11 is 10.1. The molecule has 0 aliphatic rings. The summed E-state index contributed by atoms with van der Waals surface area (Å²) in [5, 5.41) is -0.257. The fourth-order valence-corrected chi connectivity index (χ4v) is 3.11. The highest BCUT2D eigenvalue weighted by molar-refractivity contribution is 9.10. The van der Waals surface area contributed by atoms with Crippen LogP contribution in [0.1, 0.15) is 33.2 Å². The number of benzene rings is 2. The summed E-state index contributed by atoms with van der Waals surface area (Å²) in [5.74, 6) is -0.228. The molecule has 1 unspecified atom stereocenters. The van der Waals surface area contributed by atoms with E-state index < -0.39 is 0 Å². The van der Waals surface area contributed by atoms with Crippen LogP contribution in [0.25, 0.3) is 0 Å². The summed E-state index contributed by atoms with van der Waals surface area (Å²) in [4.78, 5) is 0. The van der Waals surface area contributed by atoms with Crippen LogP contribution >= 0.6 is 27.5 Å². The highest BCUT2D eigenvalue weighted by Crippen LogP contribution is 2.35. The highest BCUT2D eigenvalue weighted by atomic mass is 79.9. The van der Waals surface area contributed by atoms with E-state index in [0.717, 1.165) is 32.3 Å². The lowest BCUT2D eigenvalue weighted by molar-refractivity contribution is 0.625. The van der Waals surface area contributed by atoms with Gasteiger partial charge in [0.2, 0.25) is 0 Å². The molecule has 0 fully saturated rings. The second kappa shape index (κ2) is 5.64. The van der Waals surface area contributed by atoms with Crippen molar-refractivity contribution in [3.63, 3.8) is 0 Å². The Kier molecular flexibility index (Phi) is 4.32. The number of alkyl halides is 1. The second-order valence-corrected chi connectivity index (χ2v) is 6.11. The van der Waals surface area contributed by atoms with Crippen molar-refractivity contribution in [2.45, 2.75) is 26.1 Å². The molecule has 0 nitrogen and oxygen atoms in total. The zero-order chi connectivity index (χ0) is 14.2. The standard InChI is InChI=1S/C16H15BrClF/c1-9-6-12(19)4-5-13(9)16(18)14-7-11(3)15(17)8-10(14)2/h4-8,16H,1-3H3. The highest BCUT2D eigenvalue weighted by Gasteiger charge is 2.16. The van der Waals surface area contributed by atoms with Crippen molar-refractivity contribution in [3.05, 3.63) is 68.4 Å². The zero-order valence-corrected chi connectivity index (χ0v) is 13.4. The largest absolute Gasteiger partial charge is 0.207 e. The lowest BCUT2D eigenvalue weighted by Gasteiger charge is -2.17. The molecule has 0 radical (unpaired) electrons. The van der Waals surface area contributed by atoms with Gasteiger partial charge in [-0.15, -0.1) is 11.6 Å². The molecule has 0 saturated heterocycles. The van der Waals surface area contributed by atoms with E-state index in [1.54, 1.807) is 6.07 Å². The number of halogens is 3. The molecule has 0 spiro atoms. The first kappa shape index (κ1) is 14.5. The van der Waals surface area contributed by atoms with Crippen LogP contribution < -0.4 is 0 Å². The Hall–Kier alpha value is -0.860. The Balaban J connectivity index is 2.49. The van der Waals surface area contributed by atoms with Crippen molar-refractivity contribution >= 4 is 27.5 Å². The molecule has 0 aromatic heterocycles. The van der Waals surface area contributed by atoms with Gasteiger partial charge in [-0.05, 0) is 66.8 Å². The third-order valence-corrected chi connectivity index (χ3v) is 4.65. The fourth-order valence-electron chi connectivity index (χ4n) is 2.17. The third kappa shape index (κ3) is 3.01. The molecule has 0 heterocycles. The quantitative estimate of drug-likeness (QED) is 0.602. The molecular weight excluding hydrogens is 327 g/mol. The number of hydrogen-bond acceptors (Lipinski definition) is 0. The smallest absolute Gasteiger partial charge is 0.123 e. The maximum Gasteiger partial charge on any atom is 0.123 e. The number of hydrogen-bond donors (Lipinski definition) is 0. The Bertz CT molecular complexity index is 622. The van der Waals surface area contributed by atoms with Gasteiger partial charge in [0.05, 0.1) is 5.38 Å². The first-order chi connectivity index (χ1) is 8.90. The van der Waals surface area contributed by atoms with E-state index in [2.05, 4.69) is 28.1 Å². The van der Waals surface area contributed by atoms with Crippen molar-refractivity contribution in [3.8, 4) is 0 Å². The van der Waals surface area contributed by atoms with Crippen LogP contribution in [-0.4, -0.2) is 0 Å². The molecule has 0 N–H and O–H groups in total.